The molecule has 0 saturated carbocycles. The Kier molecular flexibility index (Phi) is 5.11. The maximum atomic E-state index is 13.5. The van der Waals surface area contributed by atoms with Crippen LogP contribution < -0.4 is 15.8 Å². The summed E-state index contributed by atoms with van der Waals surface area (Å²) in [6.07, 6.45) is 4.03. The normalized spacial score (nSPS) is 16.2. The first-order chi connectivity index (χ1) is 14.0. The van der Waals surface area contributed by atoms with Gasteiger partial charge in [-0.2, -0.15) is 10.2 Å². The minimum atomic E-state index is -0.375. The van der Waals surface area contributed by atoms with Crippen LogP contribution in [-0.2, 0) is 7.05 Å². The lowest BCUT2D eigenvalue weighted by Gasteiger charge is -2.18. The Labute approximate surface area is 166 Å². The first kappa shape index (κ1) is 18.9. The number of carbonyl (C=O) groups is 1. The van der Waals surface area contributed by atoms with Crippen molar-refractivity contribution in [3.05, 3.63) is 64.5 Å². The van der Waals surface area contributed by atoms with Crippen molar-refractivity contribution in [3.8, 4) is 11.3 Å². The van der Waals surface area contributed by atoms with E-state index < -0.39 is 0 Å². The van der Waals surface area contributed by atoms with E-state index in [1.165, 1.54) is 23.0 Å². The van der Waals surface area contributed by atoms with Crippen LogP contribution in [0.1, 0.15) is 16.8 Å². The van der Waals surface area contributed by atoms with Crippen LogP contribution in [0.5, 0.6) is 0 Å². The number of hydrogen-bond donors (Lipinski definition) is 2. The third-order valence-corrected chi connectivity index (χ3v) is 5.15. The molecule has 1 atom stereocenters. The Balaban J connectivity index is 1.38. The van der Waals surface area contributed by atoms with Crippen molar-refractivity contribution in [1.29, 1.82) is 0 Å². The lowest BCUT2D eigenvalue weighted by Crippen LogP contribution is -2.31. The number of H-pyrrole nitrogens is 1. The summed E-state index contributed by atoms with van der Waals surface area (Å²) in [4.78, 5) is 26.5. The molecule has 2 aromatic heterocycles. The van der Waals surface area contributed by atoms with E-state index in [1.54, 1.807) is 31.4 Å². The molecule has 150 valence electrons. The number of halogens is 1. The Morgan fingerprint density at radius 1 is 1.34 bits per heavy atom. The van der Waals surface area contributed by atoms with Crippen molar-refractivity contribution in [2.45, 2.75) is 6.42 Å². The Hall–Kier alpha value is -3.49. The lowest BCUT2D eigenvalue weighted by atomic mass is 10.1. The number of aromatic nitrogens is 4. The van der Waals surface area contributed by atoms with Crippen molar-refractivity contribution in [2.75, 3.05) is 24.5 Å². The fourth-order valence-corrected chi connectivity index (χ4v) is 3.52. The molecule has 0 radical (unpaired) electrons. The first-order valence-electron chi connectivity index (χ1n) is 9.37. The molecule has 1 unspecified atom stereocenters. The summed E-state index contributed by atoms with van der Waals surface area (Å²) in [5.41, 5.74) is 2.08. The van der Waals surface area contributed by atoms with Crippen molar-refractivity contribution in [2.24, 2.45) is 13.0 Å². The second kappa shape index (κ2) is 7.86. The number of amides is 1. The molecule has 1 saturated heterocycles. The average molecular weight is 396 g/mol. The summed E-state index contributed by atoms with van der Waals surface area (Å²) in [5.74, 6) is -0.376. The SMILES string of the molecule is Cn1ncc(N2CCC(CNC(=O)c3cn[nH]c3-c3cccc(F)c3)C2)cc1=O. The van der Waals surface area contributed by atoms with Gasteiger partial charge < -0.3 is 10.2 Å². The van der Waals surface area contributed by atoms with Crippen LogP contribution in [0.4, 0.5) is 10.1 Å². The van der Waals surface area contributed by atoms with E-state index in [2.05, 4.69) is 25.5 Å². The molecule has 1 aliphatic rings. The molecule has 1 aliphatic heterocycles. The molecule has 9 heteroatoms. The quantitative estimate of drug-likeness (QED) is 0.683. The molecular weight excluding hydrogens is 375 g/mol. The molecule has 0 aliphatic carbocycles. The maximum Gasteiger partial charge on any atom is 0.268 e. The van der Waals surface area contributed by atoms with Crippen LogP contribution in [0.15, 0.2) is 47.5 Å². The van der Waals surface area contributed by atoms with Gasteiger partial charge in [0.2, 0.25) is 0 Å². The molecule has 1 amide bonds. The molecule has 0 bridgehead atoms. The predicted octanol–water partition coefficient (Wildman–Crippen LogP) is 1.57. The van der Waals surface area contributed by atoms with Gasteiger partial charge in [-0.25, -0.2) is 9.07 Å². The van der Waals surface area contributed by atoms with Gasteiger partial charge in [-0.05, 0) is 24.5 Å². The summed E-state index contributed by atoms with van der Waals surface area (Å²) in [5, 5.41) is 13.7. The minimum Gasteiger partial charge on any atom is -0.370 e. The third-order valence-electron chi connectivity index (χ3n) is 5.15. The molecule has 29 heavy (non-hydrogen) atoms. The van der Waals surface area contributed by atoms with E-state index in [0.717, 1.165) is 25.2 Å². The van der Waals surface area contributed by atoms with Gasteiger partial charge in [-0.3, -0.25) is 14.7 Å². The monoisotopic (exact) mass is 396 g/mol. The molecule has 1 fully saturated rings. The maximum absolute atomic E-state index is 13.5. The minimum absolute atomic E-state index is 0.149. The molecular formula is C20H21FN6O2. The fraction of sp³-hybridized carbons (Fsp3) is 0.300. The van der Waals surface area contributed by atoms with Crippen molar-refractivity contribution < 1.29 is 9.18 Å². The Morgan fingerprint density at radius 2 is 2.21 bits per heavy atom. The smallest absolute Gasteiger partial charge is 0.268 e. The van der Waals surface area contributed by atoms with Crippen LogP contribution in [0.25, 0.3) is 11.3 Å². The summed E-state index contributed by atoms with van der Waals surface area (Å²) in [6, 6.07) is 7.60. The predicted molar refractivity (Wildman–Crippen MR) is 106 cm³/mol. The lowest BCUT2D eigenvalue weighted by molar-refractivity contribution is 0.0949. The highest BCUT2D eigenvalue weighted by atomic mass is 19.1. The molecule has 2 N–H and O–H groups in total. The number of anilines is 1. The van der Waals surface area contributed by atoms with Crippen LogP contribution in [-0.4, -0.2) is 45.5 Å². The number of hydrogen-bond acceptors (Lipinski definition) is 5. The summed E-state index contributed by atoms with van der Waals surface area (Å²) < 4.78 is 14.8. The van der Waals surface area contributed by atoms with Crippen LogP contribution in [0.2, 0.25) is 0 Å². The second-order valence-corrected chi connectivity index (χ2v) is 7.16. The zero-order valence-corrected chi connectivity index (χ0v) is 15.9. The molecule has 3 heterocycles. The first-order valence-corrected chi connectivity index (χ1v) is 9.37. The summed E-state index contributed by atoms with van der Waals surface area (Å²) in [6.45, 7) is 2.04. The van der Waals surface area contributed by atoms with Crippen LogP contribution >= 0.6 is 0 Å². The van der Waals surface area contributed by atoms with Gasteiger partial charge in [-0.1, -0.05) is 12.1 Å². The molecule has 8 nitrogen and oxygen atoms in total. The van der Waals surface area contributed by atoms with Gasteiger partial charge in [0, 0.05) is 38.3 Å². The number of benzene rings is 1. The third kappa shape index (κ3) is 4.03. The van der Waals surface area contributed by atoms with E-state index in [9.17, 15) is 14.0 Å². The van der Waals surface area contributed by atoms with Gasteiger partial charge in [-0.15, -0.1) is 0 Å². The van der Waals surface area contributed by atoms with Crippen molar-refractivity contribution in [1.82, 2.24) is 25.3 Å². The fourth-order valence-electron chi connectivity index (χ4n) is 3.52. The van der Waals surface area contributed by atoms with E-state index >= 15 is 0 Å². The Morgan fingerprint density at radius 3 is 3.00 bits per heavy atom. The van der Waals surface area contributed by atoms with Crippen LogP contribution in [0, 0.1) is 11.7 Å². The molecule has 3 aromatic rings. The second-order valence-electron chi connectivity index (χ2n) is 7.16. The average Bonchev–Trinajstić information content (AvgIpc) is 3.38. The van der Waals surface area contributed by atoms with Crippen molar-refractivity contribution >= 4 is 11.6 Å². The van der Waals surface area contributed by atoms with E-state index in [-0.39, 0.29) is 23.2 Å². The van der Waals surface area contributed by atoms with Crippen molar-refractivity contribution in [3.63, 3.8) is 0 Å². The van der Waals surface area contributed by atoms with Gasteiger partial charge in [0.05, 0.1) is 29.3 Å². The number of carbonyl (C=O) groups excluding carboxylic acids is 1. The van der Waals surface area contributed by atoms with Gasteiger partial charge in [0.25, 0.3) is 11.5 Å². The zero-order chi connectivity index (χ0) is 20.4. The summed E-state index contributed by atoms with van der Waals surface area (Å²) >= 11 is 0. The van der Waals surface area contributed by atoms with E-state index in [1.807, 2.05) is 0 Å². The number of aryl methyl sites for hydroxylation is 1. The van der Waals surface area contributed by atoms with E-state index in [0.29, 0.717) is 23.4 Å². The van der Waals surface area contributed by atoms with Gasteiger partial charge in [0.1, 0.15) is 5.82 Å². The highest BCUT2D eigenvalue weighted by molar-refractivity contribution is 5.99. The number of aromatic amines is 1. The Bertz CT molecular complexity index is 1090. The van der Waals surface area contributed by atoms with Gasteiger partial charge >= 0.3 is 0 Å². The number of rotatable bonds is 5. The standard InChI is InChI=1S/C20H21FN6O2/c1-26-18(28)8-16(10-24-26)27-6-5-13(12-27)9-22-20(29)17-11-23-25-19(17)14-3-2-4-15(21)7-14/h2-4,7-8,10-11,13H,5-6,9,12H2,1H3,(H,22,29)(H,23,25). The molecule has 1 aromatic carbocycles. The number of nitrogens with one attached hydrogen (secondary N) is 2. The molecule has 4 rings (SSSR count). The molecule has 0 spiro atoms. The zero-order valence-electron chi connectivity index (χ0n) is 15.9. The highest BCUT2D eigenvalue weighted by Gasteiger charge is 2.24. The summed E-state index contributed by atoms with van der Waals surface area (Å²) in [7, 11) is 1.61. The van der Waals surface area contributed by atoms with E-state index in [4.69, 9.17) is 0 Å². The largest absolute Gasteiger partial charge is 0.370 e. The highest BCUT2D eigenvalue weighted by Crippen LogP contribution is 2.23. The number of nitrogens with zero attached hydrogens (tertiary/aromatic N) is 4. The van der Waals surface area contributed by atoms with Crippen LogP contribution in [0.3, 0.4) is 0 Å². The van der Waals surface area contributed by atoms with Gasteiger partial charge in [0.15, 0.2) is 0 Å². The topological polar surface area (TPSA) is 95.9 Å².